The molecule has 20 heavy (non-hydrogen) atoms. The molecule has 1 N–H and O–H groups in total. The Morgan fingerprint density at radius 2 is 2.00 bits per heavy atom. The Morgan fingerprint density at radius 1 is 1.30 bits per heavy atom. The Balaban J connectivity index is 1.76. The molecule has 0 bridgehead atoms. The third-order valence-electron chi connectivity index (χ3n) is 4.71. The third kappa shape index (κ3) is 2.58. The van der Waals surface area contributed by atoms with Gasteiger partial charge in [0.05, 0.1) is 0 Å². The number of nitrogens with zero attached hydrogens (tertiary/aromatic N) is 1. The summed E-state index contributed by atoms with van der Waals surface area (Å²) in [7, 11) is 0. The van der Waals surface area contributed by atoms with Gasteiger partial charge in [-0.25, -0.2) is 4.79 Å². The smallest absolute Gasteiger partial charge is 0.328 e. The second-order valence-corrected chi connectivity index (χ2v) is 6.07. The van der Waals surface area contributed by atoms with E-state index in [-0.39, 0.29) is 0 Å². The van der Waals surface area contributed by atoms with Crippen LogP contribution in [0.2, 0.25) is 0 Å². The van der Waals surface area contributed by atoms with Gasteiger partial charge in [0, 0.05) is 24.9 Å². The van der Waals surface area contributed by atoms with E-state index in [1.54, 1.807) is 6.08 Å². The number of hydrogen-bond donors (Lipinski definition) is 1. The first-order chi connectivity index (χ1) is 9.63. The Labute approximate surface area is 119 Å². The Hall–Kier alpha value is -1.77. The molecule has 2 unspecified atom stereocenters. The van der Waals surface area contributed by atoms with Crippen LogP contribution in [0.1, 0.15) is 30.4 Å². The van der Waals surface area contributed by atoms with Crippen molar-refractivity contribution >= 4 is 17.7 Å². The van der Waals surface area contributed by atoms with Crippen LogP contribution in [0.4, 0.5) is 5.69 Å². The lowest BCUT2D eigenvalue weighted by atomic mass is 10.0. The number of carboxylic acid groups (broad SMARTS) is 1. The summed E-state index contributed by atoms with van der Waals surface area (Å²) in [5, 5.41) is 8.67. The van der Waals surface area contributed by atoms with E-state index in [0.29, 0.717) is 0 Å². The summed E-state index contributed by atoms with van der Waals surface area (Å²) >= 11 is 0. The lowest BCUT2D eigenvalue weighted by molar-refractivity contribution is -0.131. The van der Waals surface area contributed by atoms with Gasteiger partial charge < -0.3 is 10.0 Å². The average Bonchev–Trinajstić information content (AvgIpc) is 2.97. The molecule has 0 aromatic heterocycles. The molecule has 0 radical (unpaired) electrons. The van der Waals surface area contributed by atoms with Crippen LogP contribution < -0.4 is 4.90 Å². The molecule has 3 rings (SSSR count). The molecule has 2 fully saturated rings. The van der Waals surface area contributed by atoms with Crippen LogP contribution in [0.5, 0.6) is 0 Å². The zero-order chi connectivity index (χ0) is 14.1. The number of rotatable bonds is 3. The predicted molar refractivity (Wildman–Crippen MR) is 80.9 cm³/mol. The number of anilines is 1. The fraction of sp³-hybridized carbons (Fsp3) is 0.471. The highest BCUT2D eigenvalue weighted by atomic mass is 16.4. The number of fused-ring (bicyclic) bond motifs is 1. The quantitative estimate of drug-likeness (QED) is 0.857. The van der Waals surface area contributed by atoms with Crippen LogP contribution in [-0.4, -0.2) is 24.2 Å². The van der Waals surface area contributed by atoms with Crippen molar-refractivity contribution in [2.24, 2.45) is 11.8 Å². The Bertz CT molecular complexity index is 538. The molecule has 106 valence electrons. The first kappa shape index (κ1) is 13.2. The largest absolute Gasteiger partial charge is 0.478 e. The van der Waals surface area contributed by atoms with Gasteiger partial charge in [-0.05, 0) is 60.9 Å². The van der Waals surface area contributed by atoms with Crippen LogP contribution in [0.3, 0.4) is 0 Å². The summed E-state index contributed by atoms with van der Waals surface area (Å²) in [6, 6.07) is 6.22. The molecule has 0 amide bonds. The maximum atomic E-state index is 10.6. The lowest BCUT2D eigenvalue weighted by Gasteiger charge is -2.22. The molecular formula is C17H21NO2. The van der Waals surface area contributed by atoms with Crippen LogP contribution >= 0.6 is 0 Å². The van der Waals surface area contributed by atoms with E-state index in [0.717, 1.165) is 17.4 Å². The van der Waals surface area contributed by atoms with Gasteiger partial charge in [-0.1, -0.05) is 12.5 Å². The van der Waals surface area contributed by atoms with Crippen molar-refractivity contribution in [3.05, 3.63) is 35.4 Å². The fourth-order valence-electron chi connectivity index (χ4n) is 3.74. The van der Waals surface area contributed by atoms with Gasteiger partial charge >= 0.3 is 5.97 Å². The molecule has 1 heterocycles. The topological polar surface area (TPSA) is 40.5 Å². The summed E-state index contributed by atoms with van der Waals surface area (Å²) in [6.07, 6.45) is 7.02. The number of hydrogen-bond acceptors (Lipinski definition) is 2. The molecule has 1 saturated heterocycles. The Kier molecular flexibility index (Phi) is 3.51. The molecule has 2 atom stereocenters. The summed E-state index contributed by atoms with van der Waals surface area (Å²) in [5.41, 5.74) is 3.50. The third-order valence-corrected chi connectivity index (χ3v) is 4.71. The lowest BCUT2D eigenvalue weighted by Crippen LogP contribution is -2.21. The second kappa shape index (κ2) is 5.31. The van der Waals surface area contributed by atoms with Crippen molar-refractivity contribution in [1.29, 1.82) is 0 Å². The van der Waals surface area contributed by atoms with E-state index in [1.807, 2.05) is 6.07 Å². The van der Waals surface area contributed by atoms with Gasteiger partial charge in [0.1, 0.15) is 0 Å². The SMILES string of the molecule is Cc1cc(/C=C/C(=O)O)ccc1N1CC2CCCC2C1. The van der Waals surface area contributed by atoms with Gasteiger partial charge in [0.15, 0.2) is 0 Å². The highest BCUT2D eigenvalue weighted by molar-refractivity contribution is 5.85. The van der Waals surface area contributed by atoms with Crippen molar-refractivity contribution in [1.82, 2.24) is 0 Å². The number of carboxylic acids is 1. The van der Waals surface area contributed by atoms with Crippen LogP contribution in [0.25, 0.3) is 6.08 Å². The summed E-state index contributed by atoms with van der Waals surface area (Å²) in [4.78, 5) is 13.1. The van der Waals surface area contributed by atoms with Crippen molar-refractivity contribution in [2.75, 3.05) is 18.0 Å². The maximum absolute atomic E-state index is 10.6. The Morgan fingerprint density at radius 3 is 2.60 bits per heavy atom. The molecule has 1 aromatic rings. The first-order valence-electron chi connectivity index (χ1n) is 7.40. The van der Waals surface area contributed by atoms with Gasteiger partial charge in [-0.2, -0.15) is 0 Å². The second-order valence-electron chi connectivity index (χ2n) is 6.07. The summed E-state index contributed by atoms with van der Waals surface area (Å²) in [6.45, 7) is 4.49. The number of benzene rings is 1. The van der Waals surface area contributed by atoms with E-state index < -0.39 is 5.97 Å². The summed E-state index contributed by atoms with van der Waals surface area (Å²) < 4.78 is 0. The van der Waals surface area contributed by atoms with E-state index in [9.17, 15) is 4.79 Å². The molecule has 3 heteroatoms. The molecule has 1 aromatic carbocycles. The molecule has 3 nitrogen and oxygen atoms in total. The number of aliphatic carboxylic acids is 1. The molecule has 1 saturated carbocycles. The first-order valence-corrected chi connectivity index (χ1v) is 7.40. The number of aryl methyl sites for hydroxylation is 1. The van der Waals surface area contributed by atoms with E-state index in [4.69, 9.17) is 5.11 Å². The van der Waals surface area contributed by atoms with Gasteiger partial charge in [0.2, 0.25) is 0 Å². The molecule has 2 aliphatic rings. The zero-order valence-electron chi connectivity index (χ0n) is 11.9. The van der Waals surface area contributed by atoms with E-state index in [2.05, 4.69) is 24.0 Å². The highest BCUT2D eigenvalue weighted by Gasteiger charge is 2.36. The minimum atomic E-state index is -0.904. The van der Waals surface area contributed by atoms with Crippen molar-refractivity contribution < 1.29 is 9.90 Å². The summed E-state index contributed by atoms with van der Waals surface area (Å²) in [5.74, 6) is 0.876. The molecule has 1 aliphatic carbocycles. The van der Waals surface area contributed by atoms with E-state index >= 15 is 0 Å². The maximum Gasteiger partial charge on any atom is 0.328 e. The normalized spacial score (nSPS) is 25.4. The van der Waals surface area contributed by atoms with Crippen molar-refractivity contribution in [2.45, 2.75) is 26.2 Å². The molecule has 0 spiro atoms. The average molecular weight is 271 g/mol. The monoisotopic (exact) mass is 271 g/mol. The van der Waals surface area contributed by atoms with Crippen LogP contribution in [0.15, 0.2) is 24.3 Å². The van der Waals surface area contributed by atoms with Gasteiger partial charge in [0.25, 0.3) is 0 Å². The predicted octanol–water partition coefficient (Wildman–Crippen LogP) is 3.33. The van der Waals surface area contributed by atoms with Crippen LogP contribution in [0, 0.1) is 18.8 Å². The minimum Gasteiger partial charge on any atom is -0.478 e. The number of carbonyl (C=O) groups is 1. The highest BCUT2D eigenvalue weighted by Crippen LogP contribution is 2.40. The zero-order valence-corrected chi connectivity index (χ0v) is 11.9. The van der Waals surface area contributed by atoms with Gasteiger partial charge in [-0.3, -0.25) is 0 Å². The van der Waals surface area contributed by atoms with Gasteiger partial charge in [-0.15, -0.1) is 0 Å². The minimum absolute atomic E-state index is 0.890. The van der Waals surface area contributed by atoms with Crippen molar-refractivity contribution in [3.63, 3.8) is 0 Å². The van der Waals surface area contributed by atoms with E-state index in [1.165, 1.54) is 49.7 Å². The standard InChI is InChI=1S/C17H21NO2/c1-12-9-13(6-8-17(19)20)5-7-16(12)18-10-14-3-2-4-15(14)11-18/h5-9,14-15H,2-4,10-11H2,1H3,(H,19,20)/b8-6+. The molecular weight excluding hydrogens is 250 g/mol. The fourth-order valence-corrected chi connectivity index (χ4v) is 3.74. The van der Waals surface area contributed by atoms with Crippen LogP contribution in [-0.2, 0) is 4.79 Å². The van der Waals surface area contributed by atoms with Crippen molar-refractivity contribution in [3.8, 4) is 0 Å². The molecule has 1 aliphatic heterocycles.